The number of thioether (sulfide) groups is 1. The average molecular weight is 197 g/mol. The number of hydrogen-bond donors (Lipinski definition) is 1. The maximum absolute atomic E-state index is 5.20. The first-order valence-corrected chi connectivity index (χ1v) is 4.96. The Kier molecular flexibility index (Phi) is 2.22. The van der Waals surface area contributed by atoms with Gasteiger partial charge in [0.2, 0.25) is 0 Å². The van der Waals surface area contributed by atoms with Crippen molar-refractivity contribution in [3.05, 3.63) is 12.1 Å². The topological polar surface area (TPSA) is 30.5 Å². The van der Waals surface area contributed by atoms with E-state index in [1.165, 1.54) is 4.90 Å². The van der Waals surface area contributed by atoms with E-state index in [-0.39, 0.29) is 0 Å². The summed E-state index contributed by atoms with van der Waals surface area (Å²) in [4.78, 5) is 1.22. The van der Waals surface area contributed by atoms with Crippen LogP contribution in [-0.4, -0.2) is 20.1 Å². The van der Waals surface area contributed by atoms with Gasteiger partial charge in [-0.1, -0.05) is 0 Å². The molecule has 0 radical (unpaired) electrons. The molecule has 1 aliphatic rings. The fourth-order valence-electron chi connectivity index (χ4n) is 1.31. The van der Waals surface area contributed by atoms with Gasteiger partial charge >= 0.3 is 0 Å². The van der Waals surface area contributed by atoms with Gasteiger partial charge in [0, 0.05) is 11.0 Å². The second-order valence-corrected chi connectivity index (χ2v) is 3.69. The Morgan fingerprint density at radius 3 is 2.62 bits per heavy atom. The van der Waals surface area contributed by atoms with Crippen LogP contribution in [0.1, 0.15) is 0 Å². The molecule has 1 heterocycles. The van der Waals surface area contributed by atoms with Crippen molar-refractivity contribution in [2.45, 2.75) is 4.90 Å². The van der Waals surface area contributed by atoms with Crippen molar-refractivity contribution in [2.75, 3.05) is 25.4 Å². The van der Waals surface area contributed by atoms with Crippen LogP contribution in [0.4, 0.5) is 5.69 Å². The number of benzene rings is 1. The highest BCUT2D eigenvalue weighted by Crippen LogP contribution is 2.41. The van der Waals surface area contributed by atoms with Crippen molar-refractivity contribution in [3.63, 3.8) is 0 Å². The van der Waals surface area contributed by atoms with Crippen LogP contribution in [0.5, 0.6) is 11.5 Å². The number of nitrogens with one attached hydrogen (secondary N) is 1. The van der Waals surface area contributed by atoms with Gasteiger partial charge < -0.3 is 14.8 Å². The predicted molar refractivity (Wildman–Crippen MR) is 53.9 cm³/mol. The van der Waals surface area contributed by atoms with Gasteiger partial charge in [-0.3, -0.25) is 0 Å². The number of methoxy groups -OCH3 is 2. The van der Waals surface area contributed by atoms with Crippen LogP contribution in [0.15, 0.2) is 17.0 Å². The van der Waals surface area contributed by atoms with Gasteiger partial charge in [0.25, 0.3) is 0 Å². The standard InChI is InChI=1S/C9H11NO2S/c1-11-7-3-6-9(13-5-10-6)4-8(7)12-2/h3-4,10H,5H2,1-2H3. The fraction of sp³-hybridized carbons (Fsp3) is 0.333. The van der Waals surface area contributed by atoms with Gasteiger partial charge in [-0.2, -0.15) is 0 Å². The smallest absolute Gasteiger partial charge is 0.162 e. The molecule has 0 aliphatic carbocycles. The number of hydrogen-bond acceptors (Lipinski definition) is 4. The van der Waals surface area contributed by atoms with E-state index in [4.69, 9.17) is 9.47 Å². The molecular weight excluding hydrogens is 186 g/mol. The van der Waals surface area contributed by atoms with E-state index in [0.717, 1.165) is 23.1 Å². The van der Waals surface area contributed by atoms with Crippen molar-refractivity contribution >= 4 is 17.4 Å². The van der Waals surface area contributed by atoms with E-state index < -0.39 is 0 Å². The van der Waals surface area contributed by atoms with Gasteiger partial charge in [0.05, 0.1) is 25.8 Å². The highest BCUT2D eigenvalue weighted by atomic mass is 32.2. The van der Waals surface area contributed by atoms with Crippen LogP contribution in [0.3, 0.4) is 0 Å². The van der Waals surface area contributed by atoms with Gasteiger partial charge in [0.1, 0.15) is 0 Å². The minimum absolute atomic E-state index is 0.774. The molecule has 13 heavy (non-hydrogen) atoms. The average Bonchev–Trinajstić information content (AvgIpc) is 2.62. The molecule has 0 saturated heterocycles. The van der Waals surface area contributed by atoms with Crippen molar-refractivity contribution in [1.82, 2.24) is 0 Å². The summed E-state index contributed by atoms with van der Waals surface area (Å²) in [5, 5.41) is 3.25. The van der Waals surface area contributed by atoms with Crippen LogP contribution in [0, 0.1) is 0 Å². The van der Waals surface area contributed by atoms with E-state index in [0.29, 0.717) is 0 Å². The Hall–Kier alpha value is -1.03. The molecule has 0 spiro atoms. The molecule has 2 rings (SSSR count). The minimum atomic E-state index is 0.774. The largest absolute Gasteiger partial charge is 0.493 e. The van der Waals surface area contributed by atoms with Crippen LogP contribution >= 0.6 is 11.8 Å². The van der Waals surface area contributed by atoms with E-state index >= 15 is 0 Å². The van der Waals surface area contributed by atoms with Gasteiger partial charge in [-0.25, -0.2) is 0 Å². The fourth-order valence-corrected chi connectivity index (χ4v) is 2.17. The molecule has 0 bridgehead atoms. The molecule has 0 saturated carbocycles. The van der Waals surface area contributed by atoms with Crippen molar-refractivity contribution in [2.24, 2.45) is 0 Å². The summed E-state index contributed by atoms with van der Waals surface area (Å²) in [6, 6.07) is 3.97. The Bertz CT molecular complexity index is 297. The molecule has 70 valence electrons. The summed E-state index contributed by atoms with van der Waals surface area (Å²) in [7, 11) is 3.30. The monoisotopic (exact) mass is 197 g/mol. The number of fused-ring (bicyclic) bond motifs is 1. The first-order valence-electron chi connectivity index (χ1n) is 3.98. The lowest BCUT2D eigenvalue weighted by atomic mass is 10.3. The summed E-state index contributed by atoms with van der Waals surface area (Å²) in [6.07, 6.45) is 0. The normalized spacial score (nSPS) is 13.4. The molecule has 3 nitrogen and oxygen atoms in total. The van der Waals surface area contributed by atoms with Gasteiger partial charge in [0.15, 0.2) is 11.5 Å². The molecular formula is C9H11NO2S. The zero-order valence-electron chi connectivity index (χ0n) is 7.59. The summed E-state index contributed by atoms with van der Waals surface area (Å²) >= 11 is 1.77. The second kappa shape index (κ2) is 3.38. The second-order valence-electron chi connectivity index (χ2n) is 2.67. The third-order valence-electron chi connectivity index (χ3n) is 1.98. The molecule has 0 fully saturated rings. The number of anilines is 1. The van der Waals surface area contributed by atoms with Crippen molar-refractivity contribution in [3.8, 4) is 11.5 Å². The SMILES string of the molecule is COc1cc2c(cc1OC)SCN2. The van der Waals surface area contributed by atoms with Crippen LogP contribution < -0.4 is 14.8 Å². The molecule has 0 atom stereocenters. The van der Waals surface area contributed by atoms with Crippen molar-refractivity contribution in [1.29, 1.82) is 0 Å². The maximum atomic E-state index is 5.20. The van der Waals surface area contributed by atoms with Crippen molar-refractivity contribution < 1.29 is 9.47 Å². The summed E-state index contributed by atoms with van der Waals surface area (Å²) in [6.45, 7) is 0. The highest BCUT2D eigenvalue weighted by molar-refractivity contribution is 7.99. The van der Waals surface area contributed by atoms with Crippen LogP contribution in [0.25, 0.3) is 0 Å². The molecule has 1 aliphatic heterocycles. The lowest BCUT2D eigenvalue weighted by Gasteiger charge is -2.09. The quantitative estimate of drug-likeness (QED) is 0.787. The number of ether oxygens (including phenoxy) is 2. The summed E-state index contributed by atoms with van der Waals surface area (Å²) in [5.74, 6) is 2.49. The highest BCUT2D eigenvalue weighted by Gasteiger charge is 2.15. The van der Waals surface area contributed by atoms with E-state index in [1.807, 2.05) is 12.1 Å². The van der Waals surface area contributed by atoms with E-state index in [1.54, 1.807) is 26.0 Å². The lowest BCUT2D eigenvalue weighted by Crippen LogP contribution is -1.93. The lowest BCUT2D eigenvalue weighted by molar-refractivity contribution is 0.354. The number of rotatable bonds is 2. The third-order valence-corrected chi connectivity index (χ3v) is 2.91. The molecule has 0 unspecified atom stereocenters. The van der Waals surface area contributed by atoms with E-state index in [2.05, 4.69) is 5.32 Å². The van der Waals surface area contributed by atoms with Gasteiger partial charge in [-0.05, 0) is 6.07 Å². The Labute approximate surface area is 81.4 Å². The minimum Gasteiger partial charge on any atom is -0.493 e. The molecule has 1 N–H and O–H groups in total. The molecule has 1 aromatic rings. The zero-order valence-corrected chi connectivity index (χ0v) is 8.40. The Morgan fingerprint density at radius 1 is 1.23 bits per heavy atom. The molecule has 0 aromatic heterocycles. The van der Waals surface area contributed by atoms with Gasteiger partial charge in [-0.15, -0.1) is 11.8 Å². The molecule has 1 aromatic carbocycles. The van der Waals surface area contributed by atoms with Crippen LogP contribution in [0.2, 0.25) is 0 Å². The maximum Gasteiger partial charge on any atom is 0.162 e. The Balaban J connectivity index is 2.47. The third kappa shape index (κ3) is 1.42. The molecule has 0 amide bonds. The predicted octanol–water partition coefficient (Wildman–Crippen LogP) is 2.18. The molecule has 4 heteroatoms. The zero-order chi connectivity index (χ0) is 9.26. The Morgan fingerprint density at radius 2 is 1.92 bits per heavy atom. The first-order chi connectivity index (χ1) is 6.35. The summed E-state index contributed by atoms with van der Waals surface area (Å²) < 4.78 is 10.4. The van der Waals surface area contributed by atoms with E-state index in [9.17, 15) is 0 Å². The summed E-state index contributed by atoms with van der Waals surface area (Å²) in [5.41, 5.74) is 1.13. The van der Waals surface area contributed by atoms with Crippen LogP contribution in [-0.2, 0) is 0 Å². The first kappa shape index (κ1) is 8.56.